The van der Waals surface area contributed by atoms with Gasteiger partial charge < -0.3 is 15.0 Å². The highest BCUT2D eigenvalue weighted by Crippen LogP contribution is 2.44. The van der Waals surface area contributed by atoms with E-state index in [4.69, 9.17) is 4.74 Å². The SMILES string of the molecule is COC(=O)C1=C(C)N=C2SC=C(CC(=O)NCC(C)C)N2C1c1ccccc1. The molecule has 0 radical (unpaired) electrons. The molecular formula is C21H25N3O3S. The number of ether oxygens (including phenoxy) is 1. The van der Waals surface area contributed by atoms with Crippen LogP contribution in [-0.4, -0.2) is 35.6 Å². The fourth-order valence-electron chi connectivity index (χ4n) is 3.24. The van der Waals surface area contributed by atoms with Gasteiger partial charge in [0.2, 0.25) is 5.91 Å². The first-order valence-corrected chi connectivity index (χ1v) is 10.1. The number of thioether (sulfide) groups is 1. The number of carbonyl (C=O) groups excluding carboxylic acids is 2. The average Bonchev–Trinajstić information content (AvgIpc) is 3.07. The standard InChI is InChI=1S/C21H25N3O3S/c1-13(2)11-22-17(25)10-16-12-28-21-23-14(3)18(20(26)27-4)19(24(16)21)15-8-6-5-7-9-15/h5-9,12-13,19H,10-11H2,1-4H3,(H,22,25). The second-order valence-electron chi connectivity index (χ2n) is 7.17. The number of fused-ring (bicyclic) bond motifs is 1. The molecule has 0 aromatic heterocycles. The van der Waals surface area contributed by atoms with Gasteiger partial charge >= 0.3 is 5.97 Å². The molecule has 148 valence electrons. The third kappa shape index (κ3) is 4.14. The van der Waals surface area contributed by atoms with Crippen LogP contribution in [0.5, 0.6) is 0 Å². The molecule has 2 heterocycles. The van der Waals surface area contributed by atoms with Crippen molar-refractivity contribution >= 4 is 28.8 Å². The van der Waals surface area contributed by atoms with Gasteiger partial charge in [-0.25, -0.2) is 9.79 Å². The number of rotatable bonds is 6. The highest BCUT2D eigenvalue weighted by atomic mass is 32.2. The number of nitrogens with zero attached hydrogens (tertiary/aromatic N) is 2. The number of hydrogen-bond donors (Lipinski definition) is 1. The Balaban J connectivity index is 1.95. The molecule has 0 bridgehead atoms. The number of allylic oxidation sites excluding steroid dienone is 1. The van der Waals surface area contributed by atoms with Crippen LogP contribution < -0.4 is 5.32 Å². The third-order valence-electron chi connectivity index (χ3n) is 4.57. The van der Waals surface area contributed by atoms with Gasteiger partial charge in [-0.1, -0.05) is 55.9 Å². The molecule has 28 heavy (non-hydrogen) atoms. The average molecular weight is 400 g/mol. The van der Waals surface area contributed by atoms with Crippen LogP contribution >= 0.6 is 11.8 Å². The Morgan fingerprint density at radius 1 is 1.29 bits per heavy atom. The largest absolute Gasteiger partial charge is 0.466 e. The first-order valence-electron chi connectivity index (χ1n) is 9.26. The maximum atomic E-state index is 12.6. The number of esters is 1. The summed E-state index contributed by atoms with van der Waals surface area (Å²) in [4.78, 5) is 31.6. The Bertz CT molecular complexity index is 859. The van der Waals surface area contributed by atoms with Gasteiger partial charge in [0.15, 0.2) is 5.17 Å². The summed E-state index contributed by atoms with van der Waals surface area (Å²) in [6, 6.07) is 9.39. The molecule has 0 spiro atoms. The van der Waals surface area contributed by atoms with E-state index in [9.17, 15) is 9.59 Å². The van der Waals surface area contributed by atoms with E-state index < -0.39 is 5.97 Å². The number of nitrogens with one attached hydrogen (secondary N) is 1. The van der Waals surface area contributed by atoms with Crippen molar-refractivity contribution in [3.63, 3.8) is 0 Å². The van der Waals surface area contributed by atoms with E-state index >= 15 is 0 Å². The Morgan fingerprint density at radius 3 is 2.64 bits per heavy atom. The molecule has 1 amide bonds. The number of carbonyl (C=O) groups is 2. The Kier molecular flexibility index (Phi) is 6.24. The molecular weight excluding hydrogens is 374 g/mol. The van der Waals surface area contributed by atoms with Crippen LogP contribution in [0, 0.1) is 5.92 Å². The number of amides is 1. The summed E-state index contributed by atoms with van der Waals surface area (Å²) in [5, 5.41) is 5.66. The molecule has 3 rings (SSSR count). The number of benzene rings is 1. The lowest BCUT2D eigenvalue weighted by molar-refractivity contribution is -0.136. The van der Waals surface area contributed by atoms with Crippen molar-refractivity contribution in [2.24, 2.45) is 10.9 Å². The lowest BCUT2D eigenvalue weighted by Gasteiger charge is -2.36. The van der Waals surface area contributed by atoms with Crippen LogP contribution in [0.3, 0.4) is 0 Å². The lowest BCUT2D eigenvalue weighted by Crippen LogP contribution is -2.38. The normalized spacial score (nSPS) is 18.6. The van der Waals surface area contributed by atoms with Crippen LogP contribution in [0.2, 0.25) is 0 Å². The van der Waals surface area contributed by atoms with Crippen molar-refractivity contribution in [2.75, 3.05) is 13.7 Å². The topological polar surface area (TPSA) is 71.0 Å². The minimum atomic E-state index is -0.408. The summed E-state index contributed by atoms with van der Waals surface area (Å²) >= 11 is 1.47. The van der Waals surface area contributed by atoms with Crippen molar-refractivity contribution in [3.8, 4) is 0 Å². The molecule has 1 atom stereocenters. The smallest absolute Gasteiger partial charge is 0.338 e. The third-order valence-corrected chi connectivity index (χ3v) is 5.46. The van der Waals surface area contributed by atoms with E-state index in [2.05, 4.69) is 24.2 Å². The van der Waals surface area contributed by atoms with Gasteiger partial charge in [0.05, 0.1) is 30.8 Å². The molecule has 7 heteroatoms. The van der Waals surface area contributed by atoms with E-state index in [-0.39, 0.29) is 18.4 Å². The molecule has 1 N–H and O–H groups in total. The van der Waals surface area contributed by atoms with Gasteiger partial charge in [-0.3, -0.25) is 4.79 Å². The molecule has 1 unspecified atom stereocenters. The highest BCUT2D eigenvalue weighted by Gasteiger charge is 2.40. The zero-order valence-corrected chi connectivity index (χ0v) is 17.4. The van der Waals surface area contributed by atoms with Crippen molar-refractivity contribution in [1.29, 1.82) is 0 Å². The van der Waals surface area contributed by atoms with Crippen molar-refractivity contribution < 1.29 is 14.3 Å². The highest BCUT2D eigenvalue weighted by molar-refractivity contribution is 8.16. The van der Waals surface area contributed by atoms with Gasteiger partial charge in [0, 0.05) is 12.2 Å². The molecule has 1 aromatic rings. The number of hydrogen-bond acceptors (Lipinski definition) is 6. The molecule has 2 aliphatic heterocycles. The maximum Gasteiger partial charge on any atom is 0.338 e. The summed E-state index contributed by atoms with van der Waals surface area (Å²) in [5.41, 5.74) is 2.91. The fraction of sp³-hybridized carbons (Fsp3) is 0.381. The molecule has 0 saturated heterocycles. The molecule has 1 aromatic carbocycles. The Hall–Kier alpha value is -2.54. The molecule has 0 fully saturated rings. The number of aliphatic imine (C=N–C) groups is 1. The number of amidine groups is 1. The second kappa shape index (κ2) is 8.65. The van der Waals surface area contributed by atoms with E-state index in [0.717, 1.165) is 16.4 Å². The van der Waals surface area contributed by atoms with Crippen LogP contribution in [-0.2, 0) is 14.3 Å². The zero-order chi connectivity index (χ0) is 20.3. The van der Waals surface area contributed by atoms with Crippen molar-refractivity contribution in [3.05, 3.63) is 58.3 Å². The van der Waals surface area contributed by atoms with Crippen LogP contribution in [0.4, 0.5) is 0 Å². The fourth-order valence-corrected chi connectivity index (χ4v) is 4.20. The minimum Gasteiger partial charge on any atom is -0.466 e. The van der Waals surface area contributed by atoms with E-state index in [1.807, 2.05) is 47.6 Å². The van der Waals surface area contributed by atoms with Crippen molar-refractivity contribution in [2.45, 2.75) is 33.2 Å². The zero-order valence-electron chi connectivity index (χ0n) is 16.6. The molecule has 0 aliphatic carbocycles. The number of methoxy groups -OCH3 is 1. The summed E-state index contributed by atoms with van der Waals surface area (Å²) in [6.45, 7) is 6.57. The van der Waals surface area contributed by atoms with Crippen molar-refractivity contribution in [1.82, 2.24) is 10.2 Å². The Morgan fingerprint density at radius 2 is 2.00 bits per heavy atom. The van der Waals surface area contributed by atoms with E-state index in [1.54, 1.807) is 0 Å². The molecule has 0 saturated carbocycles. The summed E-state index contributed by atoms with van der Waals surface area (Å²) in [7, 11) is 1.37. The molecule has 2 aliphatic rings. The van der Waals surface area contributed by atoms with E-state index in [1.165, 1.54) is 18.9 Å². The van der Waals surface area contributed by atoms with Gasteiger partial charge in [0.1, 0.15) is 0 Å². The van der Waals surface area contributed by atoms with Gasteiger partial charge in [0.25, 0.3) is 0 Å². The monoisotopic (exact) mass is 399 g/mol. The lowest BCUT2D eigenvalue weighted by atomic mass is 9.94. The first kappa shape index (κ1) is 20.2. The van der Waals surface area contributed by atoms with Gasteiger partial charge in [-0.05, 0) is 23.8 Å². The van der Waals surface area contributed by atoms with E-state index in [0.29, 0.717) is 23.7 Å². The predicted molar refractivity (Wildman–Crippen MR) is 111 cm³/mol. The molecule has 6 nitrogen and oxygen atoms in total. The minimum absolute atomic E-state index is 0.0421. The summed E-state index contributed by atoms with van der Waals surface area (Å²) in [6.07, 6.45) is 0.232. The summed E-state index contributed by atoms with van der Waals surface area (Å²) in [5.74, 6) is -0.0641. The van der Waals surface area contributed by atoms with Crippen LogP contribution in [0.1, 0.15) is 38.8 Å². The summed E-state index contributed by atoms with van der Waals surface area (Å²) < 4.78 is 5.04. The quantitative estimate of drug-likeness (QED) is 0.740. The van der Waals surface area contributed by atoms with Gasteiger partial charge in [-0.2, -0.15) is 0 Å². The van der Waals surface area contributed by atoms with Gasteiger partial charge in [-0.15, -0.1) is 0 Å². The maximum absolute atomic E-state index is 12.6. The second-order valence-corrected chi connectivity index (χ2v) is 8.01. The predicted octanol–water partition coefficient (Wildman–Crippen LogP) is 3.60. The van der Waals surface area contributed by atoms with Crippen LogP contribution in [0.25, 0.3) is 0 Å². The first-order chi connectivity index (χ1) is 13.4. The Labute approximate surface area is 169 Å². The van der Waals surface area contributed by atoms with Crippen LogP contribution in [0.15, 0.2) is 57.7 Å².